The molecule has 3 rings (SSSR count). The zero-order chi connectivity index (χ0) is 12.7. The highest BCUT2D eigenvalue weighted by molar-refractivity contribution is 5.87. The lowest BCUT2D eigenvalue weighted by Gasteiger charge is -1.97. The number of aryl methyl sites for hydroxylation is 1. The maximum absolute atomic E-state index is 9.46. The van der Waals surface area contributed by atoms with E-state index in [9.17, 15) is 5.11 Å². The summed E-state index contributed by atoms with van der Waals surface area (Å²) in [6.45, 7) is 2.35. The van der Waals surface area contributed by atoms with Crippen molar-refractivity contribution in [2.24, 2.45) is 5.73 Å². The van der Waals surface area contributed by atoms with E-state index in [2.05, 4.69) is 4.98 Å². The minimum atomic E-state index is 0.260. The van der Waals surface area contributed by atoms with Crippen molar-refractivity contribution in [1.82, 2.24) is 4.98 Å². The van der Waals surface area contributed by atoms with Crippen LogP contribution >= 0.6 is 0 Å². The SMILES string of the molecule is Cc1occ(-c2cc3cc(O)ccc3[nH]2)c1CN. The van der Waals surface area contributed by atoms with Gasteiger partial charge in [0.15, 0.2) is 0 Å². The Morgan fingerprint density at radius 3 is 2.94 bits per heavy atom. The van der Waals surface area contributed by atoms with Crippen LogP contribution in [0, 0.1) is 6.92 Å². The van der Waals surface area contributed by atoms with Gasteiger partial charge in [-0.2, -0.15) is 0 Å². The molecule has 0 aliphatic heterocycles. The fourth-order valence-corrected chi connectivity index (χ4v) is 2.22. The average Bonchev–Trinajstić information content (AvgIpc) is 2.91. The molecule has 2 aromatic heterocycles. The molecule has 3 aromatic rings. The van der Waals surface area contributed by atoms with Crippen LogP contribution < -0.4 is 5.73 Å². The van der Waals surface area contributed by atoms with Gasteiger partial charge in [-0.05, 0) is 31.2 Å². The maximum Gasteiger partial charge on any atom is 0.116 e. The molecule has 0 saturated heterocycles. The molecule has 0 radical (unpaired) electrons. The Labute approximate surface area is 104 Å². The van der Waals surface area contributed by atoms with Crippen molar-refractivity contribution < 1.29 is 9.52 Å². The second kappa shape index (κ2) is 3.92. The summed E-state index contributed by atoms with van der Waals surface area (Å²) in [5.74, 6) is 1.10. The van der Waals surface area contributed by atoms with Gasteiger partial charge in [-0.25, -0.2) is 0 Å². The van der Waals surface area contributed by atoms with Gasteiger partial charge in [0, 0.05) is 28.6 Å². The number of aromatic amines is 1. The fraction of sp³-hybridized carbons (Fsp3) is 0.143. The highest BCUT2D eigenvalue weighted by atomic mass is 16.3. The smallest absolute Gasteiger partial charge is 0.116 e. The lowest BCUT2D eigenvalue weighted by Crippen LogP contribution is -1.98. The number of furan rings is 1. The normalized spacial score (nSPS) is 11.2. The molecule has 0 fully saturated rings. The number of phenols is 1. The molecule has 0 bridgehead atoms. The molecule has 2 heterocycles. The van der Waals surface area contributed by atoms with Crippen molar-refractivity contribution in [2.45, 2.75) is 13.5 Å². The average molecular weight is 242 g/mol. The van der Waals surface area contributed by atoms with Gasteiger partial charge in [0.25, 0.3) is 0 Å². The van der Waals surface area contributed by atoms with E-state index in [0.717, 1.165) is 33.5 Å². The van der Waals surface area contributed by atoms with Crippen LogP contribution in [0.4, 0.5) is 0 Å². The molecule has 4 heteroatoms. The quantitative estimate of drug-likeness (QED) is 0.646. The minimum Gasteiger partial charge on any atom is -0.508 e. The molecule has 4 nitrogen and oxygen atoms in total. The Bertz CT molecular complexity index is 710. The van der Waals surface area contributed by atoms with E-state index in [-0.39, 0.29) is 5.75 Å². The van der Waals surface area contributed by atoms with Gasteiger partial charge in [-0.1, -0.05) is 0 Å². The summed E-state index contributed by atoms with van der Waals surface area (Å²) in [7, 11) is 0. The van der Waals surface area contributed by atoms with Gasteiger partial charge in [0.05, 0.1) is 5.69 Å². The third-order valence-electron chi connectivity index (χ3n) is 3.20. The van der Waals surface area contributed by atoms with Crippen LogP contribution in [0.15, 0.2) is 34.9 Å². The van der Waals surface area contributed by atoms with Crippen molar-refractivity contribution in [2.75, 3.05) is 0 Å². The van der Waals surface area contributed by atoms with Crippen molar-refractivity contribution in [1.29, 1.82) is 0 Å². The number of hydrogen-bond acceptors (Lipinski definition) is 3. The van der Waals surface area contributed by atoms with Gasteiger partial charge in [0.2, 0.25) is 0 Å². The molecule has 18 heavy (non-hydrogen) atoms. The number of fused-ring (bicyclic) bond motifs is 1. The molecule has 1 aromatic carbocycles. The van der Waals surface area contributed by atoms with E-state index in [0.29, 0.717) is 6.54 Å². The fourth-order valence-electron chi connectivity index (χ4n) is 2.22. The first-order chi connectivity index (χ1) is 8.69. The maximum atomic E-state index is 9.46. The summed E-state index contributed by atoms with van der Waals surface area (Å²) < 4.78 is 5.41. The molecule has 0 amide bonds. The first kappa shape index (κ1) is 10.9. The highest BCUT2D eigenvalue weighted by Gasteiger charge is 2.13. The van der Waals surface area contributed by atoms with Gasteiger partial charge < -0.3 is 20.2 Å². The molecular formula is C14H14N2O2. The number of rotatable bonds is 2. The van der Waals surface area contributed by atoms with Gasteiger partial charge in [-0.15, -0.1) is 0 Å². The van der Waals surface area contributed by atoms with E-state index >= 15 is 0 Å². The summed E-state index contributed by atoms with van der Waals surface area (Å²) in [6, 6.07) is 7.22. The number of nitrogens with two attached hydrogens (primary N) is 1. The zero-order valence-corrected chi connectivity index (χ0v) is 10.0. The number of hydrogen-bond donors (Lipinski definition) is 3. The van der Waals surface area contributed by atoms with Crippen molar-refractivity contribution >= 4 is 10.9 Å². The second-order valence-corrected chi connectivity index (χ2v) is 4.34. The summed E-state index contributed by atoms with van der Waals surface area (Å²) in [6.07, 6.45) is 1.71. The van der Waals surface area contributed by atoms with Crippen LogP contribution in [0.25, 0.3) is 22.2 Å². The van der Waals surface area contributed by atoms with E-state index in [1.54, 1.807) is 18.4 Å². The van der Waals surface area contributed by atoms with Crippen molar-refractivity contribution in [3.05, 3.63) is 41.9 Å². The van der Waals surface area contributed by atoms with Crippen molar-refractivity contribution in [3.63, 3.8) is 0 Å². The van der Waals surface area contributed by atoms with Crippen LogP contribution in [0.5, 0.6) is 5.75 Å². The van der Waals surface area contributed by atoms with E-state index in [1.165, 1.54) is 0 Å². The van der Waals surface area contributed by atoms with Gasteiger partial charge in [0.1, 0.15) is 17.8 Å². The second-order valence-electron chi connectivity index (χ2n) is 4.34. The Balaban J connectivity index is 2.19. The molecular weight excluding hydrogens is 228 g/mol. The predicted octanol–water partition coefficient (Wildman–Crippen LogP) is 2.90. The van der Waals surface area contributed by atoms with E-state index < -0.39 is 0 Å². The molecule has 0 aliphatic rings. The standard InChI is InChI=1S/C14H14N2O2/c1-8-11(6-15)12(7-18-8)14-5-9-4-10(17)2-3-13(9)16-14/h2-5,7,16-17H,6,15H2,1H3. The Hall–Kier alpha value is -2.20. The molecule has 0 unspecified atom stereocenters. The highest BCUT2D eigenvalue weighted by Crippen LogP contribution is 2.30. The number of nitrogens with one attached hydrogen (secondary N) is 1. The largest absolute Gasteiger partial charge is 0.508 e. The van der Waals surface area contributed by atoms with Crippen LogP contribution in [0.2, 0.25) is 0 Å². The monoisotopic (exact) mass is 242 g/mol. The lowest BCUT2D eigenvalue weighted by molar-refractivity contribution is 0.476. The van der Waals surface area contributed by atoms with E-state index in [4.69, 9.17) is 10.2 Å². The van der Waals surface area contributed by atoms with Crippen molar-refractivity contribution in [3.8, 4) is 17.0 Å². The summed E-state index contributed by atoms with van der Waals surface area (Å²) in [4.78, 5) is 3.30. The summed E-state index contributed by atoms with van der Waals surface area (Å²) in [5.41, 5.74) is 9.65. The number of benzene rings is 1. The number of aromatic nitrogens is 1. The van der Waals surface area contributed by atoms with Crippen LogP contribution in [-0.4, -0.2) is 10.1 Å². The van der Waals surface area contributed by atoms with Crippen LogP contribution in [-0.2, 0) is 6.54 Å². The number of phenolic OH excluding ortho intramolecular Hbond substituents is 1. The Morgan fingerprint density at radius 2 is 2.17 bits per heavy atom. The summed E-state index contributed by atoms with van der Waals surface area (Å²) >= 11 is 0. The molecule has 4 N–H and O–H groups in total. The predicted molar refractivity (Wildman–Crippen MR) is 70.3 cm³/mol. The molecule has 0 spiro atoms. The molecule has 0 saturated carbocycles. The van der Waals surface area contributed by atoms with Crippen LogP contribution in [0.3, 0.4) is 0 Å². The number of aromatic hydroxyl groups is 1. The third kappa shape index (κ3) is 1.58. The number of H-pyrrole nitrogens is 1. The van der Waals surface area contributed by atoms with Gasteiger partial charge >= 0.3 is 0 Å². The Kier molecular flexibility index (Phi) is 2.38. The first-order valence-electron chi connectivity index (χ1n) is 5.78. The zero-order valence-electron chi connectivity index (χ0n) is 10.0. The topological polar surface area (TPSA) is 75.2 Å². The lowest BCUT2D eigenvalue weighted by atomic mass is 10.1. The first-order valence-corrected chi connectivity index (χ1v) is 5.78. The minimum absolute atomic E-state index is 0.260. The molecule has 0 atom stereocenters. The van der Waals surface area contributed by atoms with Crippen LogP contribution in [0.1, 0.15) is 11.3 Å². The molecule has 92 valence electrons. The van der Waals surface area contributed by atoms with E-state index in [1.807, 2.05) is 19.1 Å². The Morgan fingerprint density at radius 1 is 1.33 bits per heavy atom. The molecule has 0 aliphatic carbocycles. The summed E-state index contributed by atoms with van der Waals surface area (Å²) in [5, 5.41) is 10.4. The third-order valence-corrected chi connectivity index (χ3v) is 3.20. The van der Waals surface area contributed by atoms with Gasteiger partial charge in [-0.3, -0.25) is 0 Å².